The molecular weight excluding hydrogens is 236 g/mol. The molecule has 17 heavy (non-hydrogen) atoms. The topological polar surface area (TPSA) is 72.1 Å². The first-order valence-electron chi connectivity index (χ1n) is 5.96. The van der Waals surface area contributed by atoms with Gasteiger partial charge < -0.3 is 10.6 Å². The molecule has 1 amide bonds. The summed E-state index contributed by atoms with van der Waals surface area (Å²) in [6.07, 6.45) is 3.19. The van der Waals surface area contributed by atoms with Crippen molar-refractivity contribution in [2.45, 2.75) is 45.2 Å². The summed E-state index contributed by atoms with van der Waals surface area (Å²) in [5, 5.41) is 3.90. The molecule has 0 saturated carbocycles. The minimum Gasteiger partial charge on any atom is -0.331 e. The second-order valence-electron chi connectivity index (χ2n) is 4.57. The minimum absolute atomic E-state index is 0.0418. The van der Waals surface area contributed by atoms with Gasteiger partial charge in [0.25, 0.3) is 5.91 Å². The lowest BCUT2D eigenvalue weighted by molar-refractivity contribution is 0.0498. The smallest absolute Gasteiger partial charge is 0.268 e. The Labute approximate surface area is 105 Å². The van der Waals surface area contributed by atoms with E-state index in [-0.39, 0.29) is 18.0 Å². The van der Waals surface area contributed by atoms with E-state index in [0.29, 0.717) is 17.1 Å². The second-order valence-corrected chi connectivity index (χ2v) is 5.32. The second kappa shape index (κ2) is 5.10. The molecule has 1 aromatic heterocycles. The van der Waals surface area contributed by atoms with Crippen molar-refractivity contribution in [1.29, 1.82) is 0 Å². The maximum Gasteiger partial charge on any atom is 0.268 e. The van der Waals surface area contributed by atoms with Gasteiger partial charge in [-0.3, -0.25) is 4.79 Å². The largest absolute Gasteiger partial charge is 0.331 e. The maximum absolute atomic E-state index is 12.5. The molecule has 1 aliphatic rings. The number of carbonyl (C=O) groups is 1. The van der Waals surface area contributed by atoms with E-state index in [0.717, 1.165) is 19.3 Å². The van der Waals surface area contributed by atoms with Gasteiger partial charge in [0, 0.05) is 18.6 Å². The van der Waals surface area contributed by atoms with Crippen molar-refractivity contribution in [1.82, 2.24) is 14.5 Å². The molecule has 2 rings (SSSR count). The zero-order valence-corrected chi connectivity index (χ0v) is 11.0. The zero-order chi connectivity index (χ0) is 12.4. The highest BCUT2D eigenvalue weighted by atomic mass is 32.1. The van der Waals surface area contributed by atoms with Crippen LogP contribution in [0.3, 0.4) is 0 Å². The van der Waals surface area contributed by atoms with Crippen molar-refractivity contribution in [3.63, 3.8) is 0 Å². The molecule has 0 spiro atoms. The number of nitrogens with two attached hydrogens (primary N) is 1. The van der Waals surface area contributed by atoms with E-state index in [1.165, 1.54) is 11.5 Å². The van der Waals surface area contributed by atoms with E-state index in [2.05, 4.69) is 16.5 Å². The SMILES string of the molecule is Cc1nnsc1C(=O)N1C(C)CCCC1CN. The highest BCUT2D eigenvalue weighted by Crippen LogP contribution is 2.25. The summed E-state index contributed by atoms with van der Waals surface area (Å²) in [6.45, 7) is 4.44. The first-order chi connectivity index (χ1) is 8.15. The molecule has 2 N–H and O–H groups in total. The van der Waals surface area contributed by atoms with E-state index < -0.39 is 0 Å². The molecular formula is C11H18N4OS. The number of aromatic nitrogens is 2. The summed E-state index contributed by atoms with van der Waals surface area (Å²) in [5.74, 6) is 0.0418. The Kier molecular flexibility index (Phi) is 3.73. The molecule has 0 aromatic carbocycles. The molecule has 6 heteroatoms. The molecule has 1 aromatic rings. The van der Waals surface area contributed by atoms with Crippen LogP contribution < -0.4 is 5.73 Å². The Balaban J connectivity index is 2.24. The normalized spacial score (nSPS) is 25.0. The Morgan fingerprint density at radius 2 is 2.35 bits per heavy atom. The Morgan fingerprint density at radius 3 is 2.94 bits per heavy atom. The van der Waals surface area contributed by atoms with Crippen LogP contribution in [0, 0.1) is 6.92 Å². The third-order valence-electron chi connectivity index (χ3n) is 3.38. The van der Waals surface area contributed by atoms with Crippen LogP contribution >= 0.6 is 11.5 Å². The number of aryl methyl sites for hydroxylation is 1. The molecule has 2 heterocycles. The Bertz CT molecular complexity index is 406. The molecule has 0 radical (unpaired) electrons. The number of likely N-dealkylation sites (tertiary alicyclic amines) is 1. The summed E-state index contributed by atoms with van der Waals surface area (Å²) in [4.78, 5) is 15.0. The van der Waals surface area contributed by atoms with E-state index in [9.17, 15) is 4.79 Å². The lowest BCUT2D eigenvalue weighted by Crippen LogP contribution is -2.51. The predicted octanol–water partition coefficient (Wildman–Crippen LogP) is 1.19. The van der Waals surface area contributed by atoms with Crippen molar-refractivity contribution in [2.75, 3.05) is 6.54 Å². The highest BCUT2D eigenvalue weighted by molar-refractivity contribution is 7.07. The number of hydrogen-bond donors (Lipinski definition) is 1. The van der Waals surface area contributed by atoms with Crippen LogP contribution in [-0.2, 0) is 0 Å². The predicted molar refractivity (Wildman–Crippen MR) is 67.0 cm³/mol. The number of carbonyl (C=O) groups excluding carboxylic acids is 1. The fraction of sp³-hybridized carbons (Fsp3) is 0.727. The van der Waals surface area contributed by atoms with Crippen molar-refractivity contribution >= 4 is 17.4 Å². The monoisotopic (exact) mass is 254 g/mol. The van der Waals surface area contributed by atoms with E-state index in [1.54, 1.807) is 0 Å². The maximum atomic E-state index is 12.5. The van der Waals surface area contributed by atoms with Crippen molar-refractivity contribution in [2.24, 2.45) is 5.73 Å². The lowest BCUT2D eigenvalue weighted by atomic mass is 9.96. The molecule has 94 valence electrons. The van der Waals surface area contributed by atoms with Gasteiger partial charge in [-0.25, -0.2) is 0 Å². The number of piperidine rings is 1. The fourth-order valence-electron chi connectivity index (χ4n) is 2.43. The molecule has 5 nitrogen and oxygen atoms in total. The summed E-state index contributed by atoms with van der Waals surface area (Å²) < 4.78 is 3.83. The van der Waals surface area contributed by atoms with Gasteiger partial charge in [0.2, 0.25) is 0 Å². The van der Waals surface area contributed by atoms with Crippen LogP contribution in [0.5, 0.6) is 0 Å². The van der Waals surface area contributed by atoms with Crippen LogP contribution in [0.25, 0.3) is 0 Å². The van der Waals surface area contributed by atoms with Gasteiger partial charge in [-0.05, 0) is 44.6 Å². The molecule has 2 unspecified atom stereocenters. The lowest BCUT2D eigenvalue weighted by Gasteiger charge is -2.40. The van der Waals surface area contributed by atoms with Gasteiger partial charge >= 0.3 is 0 Å². The van der Waals surface area contributed by atoms with Gasteiger partial charge in [-0.1, -0.05) is 4.49 Å². The summed E-state index contributed by atoms with van der Waals surface area (Å²) >= 11 is 1.17. The van der Waals surface area contributed by atoms with E-state index >= 15 is 0 Å². The van der Waals surface area contributed by atoms with Crippen molar-refractivity contribution < 1.29 is 4.79 Å². The Hall–Kier alpha value is -1.01. The van der Waals surface area contributed by atoms with Crippen LogP contribution in [0.4, 0.5) is 0 Å². The number of hydrogen-bond acceptors (Lipinski definition) is 5. The van der Waals surface area contributed by atoms with Crippen LogP contribution in [0.1, 0.15) is 41.6 Å². The molecule has 1 saturated heterocycles. The van der Waals surface area contributed by atoms with E-state index in [4.69, 9.17) is 5.73 Å². The highest BCUT2D eigenvalue weighted by Gasteiger charge is 2.33. The van der Waals surface area contributed by atoms with Crippen molar-refractivity contribution in [3.8, 4) is 0 Å². The molecule has 1 aliphatic heterocycles. The fourth-order valence-corrected chi connectivity index (χ4v) is 3.03. The summed E-state index contributed by atoms with van der Waals surface area (Å²) in [6, 6.07) is 0.416. The summed E-state index contributed by atoms with van der Waals surface area (Å²) in [7, 11) is 0. The Morgan fingerprint density at radius 1 is 1.59 bits per heavy atom. The third-order valence-corrected chi connectivity index (χ3v) is 4.20. The third kappa shape index (κ3) is 2.32. The minimum atomic E-state index is 0.0418. The van der Waals surface area contributed by atoms with Crippen molar-refractivity contribution in [3.05, 3.63) is 10.6 Å². The van der Waals surface area contributed by atoms with Gasteiger partial charge in [-0.2, -0.15) is 0 Å². The number of nitrogens with zero attached hydrogens (tertiary/aromatic N) is 3. The average molecular weight is 254 g/mol. The molecule has 1 fully saturated rings. The average Bonchev–Trinajstić information content (AvgIpc) is 2.74. The van der Waals surface area contributed by atoms with Crippen LogP contribution in [0.15, 0.2) is 0 Å². The first kappa shape index (κ1) is 12.4. The van der Waals surface area contributed by atoms with Gasteiger partial charge in [-0.15, -0.1) is 5.10 Å². The van der Waals surface area contributed by atoms with Gasteiger partial charge in [0.1, 0.15) is 4.88 Å². The van der Waals surface area contributed by atoms with E-state index in [1.807, 2.05) is 11.8 Å². The van der Waals surface area contributed by atoms with Crippen LogP contribution in [0.2, 0.25) is 0 Å². The number of amides is 1. The summed E-state index contributed by atoms with van der Waals surface area (Å²) in [5.41, 5.74) is 6.48. The van der Waals surface area contributed by atoms with Crippen LogP contribution in [-0.4, -0.2) is 39.0 Å². The van der Waals surface area contributed by atoms with Gasteiger partial charge in [0.15, 0.2) is 0 Å². The first-order valence-corrected chi connectivity index (χ1v) is 6.74. The standard InChI is InChI=1S/C11H18N4OS/c1-7-4-3-5-9(6-12)15(7)11(16)10-8(2)13-14-17-10/h7,9H,3-6,12H2,1-2H3. The molecule has 2 atom stereocenters. The van der Waals surface area contributed by atoms with Gasteiger partial charge in [0.05, 0.1) is 5.69 Å². The zero-order valence-electron chi connectivity index (χ0n) is 10.2. The quantitative estimate of drug-likeness (QED) is 0.860. The molecule has 0 aliphatic carbocycles. The number of rotatable bonds is 2. The molecule has 0 bridgehead atoms.